The zero-order chi connectivity index (χ0) is 20.0. The number of nitrogens with two attached hydrogens (primary N) is 1. The van der Waals surface area contributed by atoms with Crippen molar-refractivity contribution in [2.45, 2.75) is 33.0 Å². The lowest BCUT2D eigenvalue weighted by molar-refractivity contribution is 0.0636. The van der Waals surface area contributed by atoms with Crippen LogP contribution in [-0.2, 0) is 11.3 Å². The number of aromatic nitrogens is 1. The fourth-order valence-electron chi connectivity index (χ4n) is 2.20. The van der Waals surface area contributed by atoms with Crippen molar-refractivity contribution in [1.82, 2.24) is 4.98 Å². The molecule has 2 amide bonds. The molecule has 0 aliphatic heterocycles. The Bertz CT molecular complexity index is 813. The fourth-order valence-corrected chi connectivity index (χ4v) is 2.20. The molecule has 0 fully saturated rings. The van der Waals surface area contributed by atoms with Gasteiger partial charge in [0.15, 0.2) is 5.75 Å². The lowest BCUT2D eigenvalue weighted by Crippen LogP contribution is -2.28. The minimum Gasteiger partial charge on any atom is -0.497 e. The van der Waals surface area contributed by atoms with Crippen LogP contribution in [0.2, 0.25) is 0 Å². The summed E-state index contributed by atoms with van der Waals surface area (Å²) in [6.45, 7) is 5.37. The Balaban J connectivity index is 2.18. The quantitative estimate of drug-likeness (QED) is 0.804. The molecule has 1 heterocycles. The van der Waals surface area contributed by atoms with Gasteiger partial charge in [0.1, 0.15) is 23.5 Å². The maximum atomic E-state index is 12.0. The summed E-state index contributed by atoms with van der Waals surface area (Å²) in [4.78, 5) is 27.9. The van der Waals surface area contributed by atoms with E-state index in [-0.39, 0.29) is 23.6 Å². The van der Waals surface area contributed by atoms with Gasteiger partial charge in [-0.15, -0.1) is 0 Å². The smallest absolute Gasteiger partial charge is 0.412 e. The van der Waals surface area contributed by atoms with E-state index in [2.05, 4.69) is 10.3 Å². The monoisotopic (exact) mass is 373 g/mol. The first-order valence-corrected chi connectivity index (χ1v) is 8.23. The van der Waals surface area contributed by atoms with Crippen molar-refractivity contribution < 1.29 is 23.8 Å². The van der Waals surface area contributed by atoms with Crippen LogP contribution < -0.4 is 20.5 Å². The van der Waals surface area contributed by atoms with Crippen LogP contribution >= 0.6 is 0 Å². The number of hydrogen-bond donors (Lipinski definition) is 2. The Morgan fingerprint density at radius 1 is 1.15 bits per heavy atom. The van der Waals surface area contributed by atoms with Gasteiger partial charge in [-0.25, -0.2) is 4.79 Å². The molecule has 144 valence electrons. The summed E-state index contributed by atoms with van der Waals surface area (Å²) in [6, 6.07) is 7.26. The predicted molar refractivity (Wildman–Crippen MR) is 99.9 cm³/mol. The molecule has 0 radical (unpaired) electrons. The Morgan fingerprint density at radius 2 is 1.81 bits per heavy atom. The molecule has 0 bridgehead atoms. The Labute approximate surface area is 157 Å². The van der Waals surface area contributed by atoms with Gasteiger partial charge in [-0.05, 0) is 38.5 Å². The molecule has 0 saturated carbocycles. The van der Waals surface area contributed by atoms with E-state index in [0.29, 0.717) is 0 Å². The molecule has 3 N–H and O–H groups in total. The highest BCUT2D eigenvalue weighted by molar-refractivity contribution is 6.03. The first-order valence-electron chi connectivity index (χ1n) is 8.23. The van der Waals surface area contributed by atoms with Crippen LogP contribution in [0.3, 0.4) is 0 Å². The zero-order valence-corrected chi connectivity index (χ0v) is 15.7. The second kappa shape index (κ2) is 8.39. The number of ether oxygens (including phenoxy) is 3. The number of nitrogens with one attached hydrogen (secondary N) is 1. The number of hydrogen-bond acceptors (Lipinski definition) is 6. The van der Waals surface area contributed by atoms with E-state index in [9.17, 15) is 9.59 Å². The van der Waals surface area contributed by atoms with Gasteiger partial charge in [0.2, 0.25) is 0 Å². The minimum absolute atomic E-state index is 0.0179. The number of amides is 2. The highest BCUT2D eigenvalue weighted by Gasteiger charge is 2.21. The van der Waals surface area contributed by atoms with Gasteiger partial charge in [-0.2, -0.15) is 0 Å². The van der Waals surface area contributed by atoms with Crippen molar-refractivity contribution in [3.8, 4) is 11.5 Å². The number of rotatable bonds is 6. The van der Waals surface area contributed by atoms with Crippen LogP contribution in [0.15, 0.2) is 36.7 Å². The lowest BCUT2D eigenvalue weighted by atomic mass is 10.2. The lowest BCUT2D eigenvalue weighted by Gasteiger charge is -2.20. The van der Waals surface area contributed by atoms with Gasteiger partial charge in [-0.1, -0.05) is 12.1 Å². The third-order valence-corrected chi connectivity index (χ3v) is 3.35. The van der Waals surface area contributed by atoms with E-state index in [4.69, 9.17) is 19.9 Å². The summed E-state index contributed by atoms with van der Waals surface area (Å²) in [7, 11) is 1.58. The Hall–Kier alpha value is -3.29. The molecular weight excluding hydrogens is 350 g/mol. The minimum atomic E-state index is -0.756. The molecule has 0 aliphatic rings. The van der Waals surface area contributed by atoms with Crippen molar-refractivity contribution in [2.24, 2.45) is 5.73 Å². The number of carbonyl (C=O) groups is 2. The first-order chi connectivity index (χ1) is 12.7. The molecule has 8 nitrogen and oxygen atoms in total. The summed E-state index contributed by atoms with van der Waals surface area (Å²) in [5.74, 6) is 0.127. The van der Waals surface area contributed by atoms with Gasteiger partial charge in [0.05, 0.1) is 25.2 Å². The number of primary amides is 1. The highest BCUT2D eigenvalue weighted by Crippen LogP contribution is 2.26. The van der Waals surface area contributed by atoms with E-state index in [1.54, 1.807) is 40.0 Å². The third-order valence-electron chi connectivity index (χ3n) is 3.35. The Morgan fingerprint density at radius 3 is 2.37 bits per heavy atom. The summed E-state index contributed by atoms with van der Waals surface area (Å²) in [5.41, 5.74) is 5.77. The number of nitrogens with zero attached hydrogens (tertiary/aromatic N) is 1. The summed E-state index contributed by atoms with van der Waals surface area (Å²) >= 11 is 0. The zero-order valence-electron chi connectivity index (χ0n) is 15.7. The number of methoxy groups -OCH3 is 1. The average molecular weight is 373 g/mol. The van der Waals surface area contributed by atoms with Crippen LogP contribution in [0.4, 0.5) is 10.5 Å². The second-order valence-electron chi connectivity index (χ2n) is 6.69. The molecule has 2 aromatic rings. The summed E-state index contributed by atoms with van der Waals surface area (Å²) in [6.07, 6.45) is 1.95. The standard InChI is InChI=1S/C19H23N3O5/c1-19(2,3)27-18(24)22-14-9-21-10-15(16(14)17(20)23)26-11-12-5-7-13(25-4)8-6-12/h5-10H,11H2,1-4H3,(H2,20,23)(H,22,24). The predicted octanol–water partition coefficient (Wildman–Crippen LogP) is 3.12. The fraction of sp³-hybridized carbons (Fsp3) is 0.316. The average Bonchev–Trinajstić information content (AvgIpc) is 2.58. The molecular formula is C19H23N3O5. The van der Waals surface area contributed by atoms with E-state index in [0.717, 1.165) is 11.3 Å². The number of carbonyl (C=O) groups excluding carboxylic acids is 2. The number of benzene rings is 1. The molecule has 1 aromatic heterocycles. The van der Waals surface area contributed by atoms with Crippen LogP contribution in [0.5, 0.6) is 11.5 Å². The second-order valence-corrected chi connectivity index (χ2v) is 6.69. The van der Waals surface area contributed by atoms with E-state index < -0.39 is 17.6 Å². The van der Waals surface area contributed by atoms with Gasteiger partial charge in [0.25, 0.3) is 5.91 Å². The molecule has 8 heteroatoms. The molecule has 0 saturated heterocycles. The van der Waals surface area contributed by atoms with Crippen molar-refractivity contribution >= 4 is 17.7 Å². The summed E-state index contributed by atoms with van der Waals surface area (Å²) in [5, 5.41) is 2.48. The summed E-state index contributed by atoms with van der Waals surface area (Å²) < 4.78 is 16.0. The molecule has 0 aliphatic carbocycles. The largest absolute Gasteiger partial charge is 0.497 e. The van der Waals surface area contributed by atoms with Crippen molar-refractivity contribution in [1.29, 1.82) is 0 Å². The number of pyridine rings is 1. The van der Waals surface area contributed by atoms with Crippen molar-refractivity contribution in [2.75, 3.05) is 12.4 Å². The first kappa shape index (κ1) is 20.0. The molecule has 0 spiro atoms. The van der Waals surface area contributed by atoms with Gasteiger partial charge in [0, 0.05) is 0 Å². The topological polar surface area (TPSA) is 113 Å². The normalized spacial score (nSPS) is 10.8. The SMILES string of the molecule is COc1ccc(COc2cncc(NC(=O)OC(C)(C)C)c2C(N)=O)cc1. The molecule has 0 atom stereocenters. The van der Waals surface area contributed by atoms with Gasteiger partial charge >= 0.3 is 6.09 Å². The van der Waals surface area contributed by atoms with E-state index in [1.165, 1.54) is 12.4 Å². The highest BCUT2D eigenvalue weighted by atomic mass is 16.6. The van der Waals surface area contributed by atoms with Crippen LogP contribution in [0.1, 0.15) is 36.7 Å². The van der Waals surface area contributed by atoms with E-state index in [1.807, 2.05) is 12.1 Å². The molecule has 0 unspecified atom stereocenters. The van der Waals surface area contributed by atoms with Crippen LogP contribution in [-0.4, -0.2) is 29.7 Å². The number of anilines is 1. The van der Waals surface area contributed by atoms with Crippen LogP contribution in [0.25, 0.3) is 0 Å². The van der Waals surface area contributed by atoms with Crippen LogP contribution in [0, 0.1) is 0 Å². The van der Waals surface area contributed by atoms with Gasteiger partial charge in [-0.3, -0.25) is 15.1 Å². The Kier molecular flexibility index (Phi) is 6.23. The molecule has 1 aromatic carbocycles. The molecule has 2 rings (SSSR count). The molecule has 27 heavy (non-hydrogen) atoms. The maximum Gasteiger partial charge on any atom is 0.412 e. The third kappa shape index (κ3) is 5.88. The maximum absolute atomic E-state index is 12.0. The van der Waals surface area contributed by atoms with E-state index >= 15 is 0 Å². The van der Waals surface area contributed by atoms with Crippen molar-refractivity contribution in [3.05, 3.63) is 47.8 Å². The van der Waals surface area contributed by atoms with Crippen molar-refractivity contribution in [3.63, 3.8) is 0 Å². The van der Waals surface area contributed by atoms with Gasteiger partial charge < -0.3 is 19.9 Å².